The van der Waals surface area contributed by atoms with E-state index in [2.05, 4.69) is 26.1 Å². The van der Waals surface area contributed by atoms with Gasteiger partial charge in [0.15, 0.2) is 5.82 Å². The lowest BCUT2D eigenvalue weighted by molar-refractivity contribution is 0.0710. The van der Waals surface area contributed by atoms with E-state index in [0.717, 1.165) is 36.0 Å². The number of hydrogen-bond donors (Lipinski definition) is 0. The van der Waals surface area contributed by atoms with Gasteiger partial charge >= 0.3 is 0 Å². The number of likely N-dealkylation sites (tertiary alicyclic amines) is 1. The predicted molar refractivity (Wildman–Crippen MR) is 88.4 cm³/mol. The van der Waals surface area contributed by atoms with Gasteiger partial charge in [0.2, 0.25) is 5.89 Å². The Morgan fingerprint density at radius 2 is 2.17 bits per heavy atom. The summed E-state index contributed by atoms with van der Waals surface area (Å²) in [5.74, 6) is 1.67. The van der Waals surface area contributed by atoms with Crippen molar-refractivity contribution in [2.45, 2.75) is 37.6 Å². The largest absolute Gasteiger partial charge is 0.337 e. The molecule has 1 aromatic heterocycles. The van der Waals surface area contributed by atoms with E-state index >= 15 is 0 Å². The number of amides is 1. The molecule has 1 amide bonds. The minimum absolute atomic E-state index is 0.0926. The zero-order valence-electron chi connectivity index (χ0n) is 12.3. The van der Waals surface area contributed by atoms with Crippen LogP contribution in [0, 0.1) is 0 Å². The molecule has 1 aliphatic carbocycles. The number of benzene rings is 1. The normalized spacial score (nSPS) is 21.0. The highest BCUT2D eigenvalue weighted by molar-refractivity contribution is 9.10. The summed E-state index contributed by atoms with van der Waals surface area (Å²) in [5.41, 5.74) is 0.495. The Hall–Kier alpha value is -1.40. The molecule has 23 heavy (non-hydrogen) atoms. The fourth-order valence-electron chi connectivity index (χ4n) is 2.97. The molecule has 0 N–H and O–H groups in total. The van der Waals surface area contributed by atoms with Crippen molar-refractivity contribution >= 4 is 33.4 Å². The average Bonchev–Trinajstić information content (AvgIpc) is 3.09. The van der Waals surface area contributed by atoms with Gasteiger partial charge in [-0.3, -0.25) is 4.79 Å². The third-order valence-electron chi connectivity index (χ3n) is 4.36. The maximum atomic E-state index is 12.9. The second-order valence-corrected chi connectivity index (χ2v) is 7.37. The van der Waals surface area contributed by atoms with Gasteiger partial charge in [0, 0.05) is 16.9 Å². The van der Waals surface area contributed by atoms with E-state index in [1.165, 1.54) is 0 Å². The minimum Gasteiger partial charge on any atom is -0.337 e. The zero-order chi connectivity index (χ0) is 16.0. The fourth-order valence-corrected chi connectivity index (χ4v) is 3.53. The van der Waals surface area contributed by atoms with Gasteiger partial charge in [-0.1, -0.05) is 32.7 Å². The molecule has 1 aromatic carbocycles. The third-order valence-corrected chi connectivity index (χ3v) is 5.18. The van der Waals surface area contributed by atoms with Gasteiger partial charge in [0.05, 0.1) is 10.6 Å². The summed E-state index contributed by atoms with van der Waals surface area (Å²) in [5, 5.41) is 4.52. The van der Waals surface area contributed by atoms with Crippen molar-refractivity contribution in [3.8, 4) is 0 Å². The maximum absolute atomic E-state index is 12.9. The van der Waals surface area contributed by atoms with Crippen LogP contribution in [0.25, 0.3) is 0 Å². The first-order chi connectivity index (χ1) is 11.1. The summed E-state index contributed by atoms with van der Waals surface area (Å²) in [6.07, 6.45) is 4.01. The van der Waals surface area contributed by atoms with Crippen molar-refractivity contribution in [1.82, 2.24) is 15.0 Å². The summed E-state index contributed by atoms with van der Waals surface area (Å²) in [4.78, 5) is 19.2. The first-order valence-corrected chi connectivity index (χ1v) is 8.90. The third kappa shape index (κ3) is 2.90. The Kier molecular flexibility index (Phi) is 3.89. The van der Waals surface area contributed by atoms with Gasteiger partial charge in [0.25, 0.3) is 5.91 Å². The summed E-state index contributed by atoms with van der Waals surface area (Å²) in [7, 11) is 0. The zero-order valence-corrected chi connectivity index (χ0v) is 14.7. The molecule has 120 valence electrons. The number of aromatic nitrogens is 2. The Morgan fingerprint density at radius 3 is 2.96 bits per heavy atom. The van der Waals surface area contributed by atoms with Gasteiger partial charge in [-0.25, -0.2) is 0 Å². The Labute approximate surface area is 147 Å². The molecule has 0 bridgehead atoms. The highest BCUT2D eigenvalue weighted by Crippen LogP contribution is 2.40. The quantitative estimate of drug-likeness (QED) is 0.774. The molecule has 2 heterocycles. The van der Waals surface area contributed by atoms with Crippen LogP contribution in [0.3, 0.4) is 0 Å². The second kappa shape index (κ2) is 5.91. The summed E-state index contributed by atoms with van der Waals surface area (Å²) < 4.78 is 6.25. The molecule has 2 aliphatic rings. The van der Waals surface area contributed by atoms with Crippen molar-refractivity contribution in [3.05, 3.63) is 45.0 Å². The molecular formula is C16H15BrClN3O2. The summed E-state index contributed by atoms with van der Waals surface area (Å²) in [6, 6.07) is 5.14. The lowest BCUT2D eigenvalue weighted by Crippen LogP contribution is -2.31. The first-order valence-electron chi connectivity index (χ1n) is 7.73. The molecule has 5 nitrogen and oxygen atoms in total. The number of hydrogen-bond acceptors (Lipinski definition) is 4. The number of carbonyl (C=O) groups excluding carboxylic acids is 1. The van der Waals surface area contributed by atoms with Crippen LogP contribution in [0.15, 0.2) is 27.2 Å². The van der Waals surface area contributed by atoms with E-state index in [4.69, 9.17) is 16.1 Å². The Morgan fingerprint density at radius 1 is 1.35 bits per heavy atom. The van der Waals surface area contributed by atoms with E-state index in [1.54, 1.807) is 17.0 Å². The van der Waals surface area contributed by atoms with Crippen LogP contribution in [0.4, 0.5) is 0 Å². The van der Waals surface area contributed by atoms with Crippen LogP contribution in [0.1, 0.15) is 59.7 Å². The molecule has 0 spiro atoms. The van der Waals surface area contributed by atoms with Crippen molar-refractivity contribution in [3.63, 3.8) is 0 Å². The van der Waals surface area contributed by atoms with E-state index in [0.29, 0.717) is 28.9 Å². The number of halogens is 2. The van der Waals surface area contributed by atoms with Crippen LogP contribution >= 0.6 is 27.5 Å². The van der Waals surface area contributed by atoms with E-state index < -0.39 is 0 Å². The monoisotopic (exact) mass is 395 g/mol. The van der Waals surface area contributed by atoms with Crippen molar-refractivity contribution in [2.75, 3.05) is 6.54 Å². The van der Waals surface area contributed by atoms with Gasteiger partial charge in [-0.05, 0) is 43.9 Å². The average molecular weight is 397 g/mol. The number of rotatable bonds is 3. The van der Waals surface area contributed by atoms with Gasteiger partial charge < -0.3 is 9.42 Å². The van der Waals surface area contributed by atoms with E-state index in [1.807, 2.05) is 6.07 Å². The molecule has 1 atom stereocenters. The summed E-state index contributed by atoms with van der Waals surface area (Å²) in [6.45, 7) is 0.674. The standard InChI is InChI=1S/C16H15BrClN3O2/c17-10-5-6-12(18)11(8-10)16(22)21-7-1-2-13(21)15-19-14(20-23-15)9-3-4-9/h5-6,8-9,13H,1-4,7H2. The topological polar surface area (TPSA) is 59.2 Å². The van der Waals surface area contributed by atoms with Crippen molar-refractivity contribution in [1.29, 1.82) is 0 Å². The fraction of sp³-hybridized carbons (Fsp3) is 0.438. The molecule has 1 aliphatic heterocycles. The van der Waals surface area contributed by atoms with Crippen LogP contribution in [0.2, 0.25) is 5.02 Å². The maximum Gasteiger partial charge on any atom is 0.256 e. The predicted octanol–water partition coefficient (Wildman–Crippen LogP) is 4.34. The highest BCUT2D eigenvalue weighted by atomic mass is 79.9. The number of nitrogens with zero attached hydrogens (tertiary/aromatic N) is 3. The van der Waals surface area contributed by atoms with Crippen LogP contribution in [-0.4, -0.2) is 27.5 Å². The first kappa shape index (κ1) is 15.1. The smallest absolute Gasteiger partial charge is 0.256 e. The van der Waals surface area contributed by atoms with Gasteiger partial charge in [0.1, 0.15) is 6.04 Å². The SMILES string of the molecule is O=C(c1cc(Br)ccc1Cl)N1CCCC1c1nc(C2CC2)no1. The lowest BCUT2D eigenvalue weighted by atomic mass is 10.1. The Bertz CT molecular complexity index is 760. The summed E-state index contributed by atoms with van der Waals surface area (Å²) >= 11 is 9.59. The molecule has 1 unspecified atom stereocenters. The van der Waals surface area contributed by atoms with Crippen LogP contribution in [-0.2, 0) is 0 Å². The molecular weight excluding hydrogens is 382 g/mol. The molecule has 4 rings (SSSR count). The van der Waals surface area contributed by atoms with Crippen LogP contribution in [0.5, 0.6) is 0 Å². The Balaban J connectivity index is 1.61. The minimum atomic E-state index is -0.155. The molecule has 0 radical (unpaired) electrons. The second-order valence-electron chi connectivity index (χ2n) is 6.05. The highest BCUT2D eigenvalue weighted by Gasteiger charge is 2.37. The van der Waals surface area contributed by atoms with Crippen LogP contribution < -0.4 is 0 Å². The molecule has 2 aromatic rings. The lowest BCUT2D eigenvalue weighted by Gasteiger charge is -2.22. The van der Waals surface area contributed by atoms with E-state index in [9.17, 15) is 4.79 Å². The molecule has 7 heteroatoms. The molecule has 1 saturated heterocycles. The van der Waals surface area contributed by atoms with E-state index in [-0.39, 0.29) is 11.9 Å². The molecule has 2 fully saturated rings. The van der Waals surface area contributed by atoms with Gasteiger partial charge in [-0.2, -0.15) is 4.98 Å². The van der Waals surface area contributed by atoms with Gasteiger partial charge in [-0.15, -0.1) is 0 Å². The molecule has 1 saturated carbocycles. The van der Waals surface area contributed by atoms with Crippen molar-refractivity contribution < 1.29 is 9.32 Å². The number of carbonyl (C=O) groups is 1. The van der Waals surface area contributed by atoms with Crippen molar-refractivity contribution in [2.24, 2.45) is 0 Å².